The number of fused-ring (bicyclic) bond motifs is 2. The molecule has 14 nitrogen and oxygen atoms in total. The third-order valence-electron chi connectivity index (χ3n) is 15.4. The lowest BCUT2D eigenvalue weighted by Crippen LogP contribution is -2.74. The molecule has 6 atom stereocenters. The van der Waals surface area contributed by atoms with Crippen LogP contribution in [-0.2, 0) is 20.8 Å². The fourth-order valence-electron chi connectivity index (χ4n) is 11.8. The summed E-state index contributed by atoms with van der Waals surface area (Å²) in [5, 5.41) is 29.7. The number of aliphatic hydroxyl groups excluding tert-OH is 1. The zero-order chi connectivity index (χ0) is 51.2. The minimum absolute atomic E-state index is 0.0146. The molecule has 1 aromatic heterocycles. The molecule has 4 amide bonds. The van der Waals surface area contributed by atoms with Gasteiger partial charge in [0.1, 0.15) is 30.0 Å². The topological polar surface area (TPSA) is 180 Å². The van der Waals surface area contributed by atoms with E-state index in [2.05, 4.69) is 64.5 Å². The van der Waals surface area contributed by atoms with Crippen molar-refractivity contribution >= 4 is 46.6 Å². The number of ether oxygens (including phenoxy) is 1. The van der Waals surface area contributed by atoms with Crippen LogP contribution in [0, 0.1) is 34.5 Å². The van der Waals surface area contributed by atoms with E-state index >= 15 is 0 Å². The van der Waals surface area contributed by atoms with Crippen molar-refractivity contribution in [2.45, 2.75) is 136 Å². The summed E-state index contributed by atoms with van der Waals surface area (Å²) in [6.45, 7) is 20.7. The van der Waals surface area contributed by atoms with Crippen molar-refractivity contribution in [1.29, 1.82) is 5.26 Å². The lowest BCUT2D eigenvalue weighted by atomic mass is 9.49. The number of carbonyl (C=O) groups is 4. The summed E-state index contributed by atoms with van der Waals surface area (Å²) < 4.78 is 6.39. The molecule has 8 rings (SSSR count). The third kappa shape index (κ3) is 11.0. The number of halogens is 1. The largest absolute Gasteiger partial charge is 0.489 e. The normalized spacial score (nSPS) is 24.4. The van der Waals surface area contributed by atoms with Crippen LogP contribution in [0.1, 0.15) is 113 Å². The van der Waals surface area contributed by atoms with Crippen molar-refractivity contribution in [3.8, 4) is 22.3 Å². The van der Waals surface area contributed by atoms with Crippen LogP contribution >= 0.6 is 22.9 Å². The van der Waals surface area contributed by atoms with E-state index in [1.807, 2.05) is 88.7 Å². The Balaban J connectivity index is 0.777. The highest BCUT2D eigenvalue weighted by Crippen LogP contribution is 2.55. The third-order valence-corrected chi connectivity index (χ3v) is 16.7. The van der Waals surface area contributed by atoms with Gasteiger partial charge in [-0.05, 0) is 86.0 Å². The minimum atomic E-state index is -0.895. The van der Waals surface area contributed by atoms with Gasteiger partial charge in [-0.2, -0.15) is 5.26 Å². The molecule has 3 aromatic carbocycles. The Bertz CT molecular complexity index is 2640. The van der Waals surface area contributed by atoms with E-state index in [0.29, 0.717) is 27.9 Å². The summed E-state index contributed by atoms with van der Waals surface area (Å²) in [7, 11) is 0. The number of likely N-dealkylation sites (tertiary alicyclic amines) is 3. The first-order valence-corrected chi connectivity index (χ1v) is 26.1. The van der Waals surface area contributed by atoms with Crippen molar-refractivity contribution in [2.24, 2.45) is 16.2 Å². The number of carbonyl (C=O) groups excluding carboxylic acids is 4. The number of β-amino-alcohol motifs (C(OH)–C–C–N with tert-alkyl or cyclic N) is 1. The molecule has 1 saturated carbocycles. The Morgan fingerprint density at radius 3 is 2.23 bits per heavy atom. The SMILES string of the molecule is Cc1ncsc1-c1ccc([C@H](C)NC(=O)[C@@H]2C[C@@H](O)CN2C(=O)[C@@H](NC(=O)CN2C[C@@H]3C[C@H]2CN3CCCc2ccc(C(=O)NC3C(C)(C)C(Oc4ccc(C#N)c(Cl)c4)C3(C)C)cc2)C(C)(C)C)cc1. The Labute approximate surface area is 427 Å². The van der Waals surface area contributed by atoms with Gasteiger partial charge in [-0.1, -0.05) is 96.5 Å². The molecule has 16 heteroatoms. The highest BCUT2D eigenvalue weighted by molar-refractivity contribution is 7.13. The minimum Gasteiger partial charge on any atom is -0.489 e. The Hall–Kier alpha value is -5.37. The number of nitrogens with zero attached hydrogens (tertiary/aromatic N) is 5. The summed E-state index contributed by atoms with van der Waals surface area (Å²) in [4.78, 5) is 67.0. The highest BCUT2D eigenvalue weighted by atomic mass is 35.5. The molecule has 378 valence electrons. The van der Waals surface area contributed by atoms with Crippen LogP contribution < -0.4 is 20.7 Å². The number of aliphatic hydroxyl groups is 1. The molecule has 1 aliphatic carbocycles. The summed E-state index contributed by atoms with van der Waals surface area (Å²) in [6, 6.07) is 21.4. The number of aromatic nitrogens is 1. The van der Waals surface area contributed by atoms with E-state index in [4.69, 9.17) is 16.3 Å². The number of amides is 4. The zero-order valence-corrected chi connectivity index (χ0v) is 44.0. The standard InChI is InChI=1S/C55H69ClN8O6S/c1-32(35-16-18-36(19-17-35)46-33(2)58-31-71-46)59-49(68)44-24-41(65)29-64(44)50(69)47(53(3,4)5)60-45(66)30-63-28-39-23-40(63)27-62(39)22-10-11-34-12-14-37(15-13-34)48(67)61-51-54(6,7)52(55(51,8)9)70-42-21-20-38(26-57)43(56)25-42/h12-21,25,31-32,39-41,44,47,51-52,65H,10-11,22-24,27-30H2,1-9H3,(H,59,68)(H,60,66)(H,61,67)/t32-,39-,40-,41+,44-,47+,51?,52?/m0/s1. The molecule has 0 unspecified atom stereocenters. The van der Waals surface area contributed by atoms with Crippen LogP contribution in [0.15, 0.2) is 72.2 Å². The fourth-order valence-corrected chi connectivity index (χ4v) is 12.8. The van der Waals surface area contributed by atoms with Gasteiger partial charge in [-0.3, -0.25) is 29.0 Å². The number of nitrogens with one attached hydrogen (secondary N) is 3. The maximum absolute atomic E-state index is 14.3. The monoisotopic (exact) mass is 1000 g/mol. The van der Waals surface area contributed by atoms with Crippen molar-refractivity contribution in [3.05, 3.63) is 105 Å². The van der Waals surface area contributed by atoms with Gasteiger partial charge >= 0.3 is 0 Å². The zero-order valence-electron chi connectivity index (χ0n) is 42.4. The van der Waals surface area contributed by atoms with E-state index in [-0.39, 0.29) is 78.2 Å². The second kappa shape index (κ2) is 20.6. The van der Waals surface area contributed by atoms with Gasteiger partial charge in [-0.15, -0.1) is 11.3 Å². The quantitative estimate of drug-likeness (QED) is 0.0889. The van der Waals surface area contributed by atoms with Crippen molar-refractivity contribution in [1.82, 2.24) is 35.6 Å². The van der Waals surface area contributed by atoms with Gasteiger partial charge in [-0.25, -0.2) is 4.98 Å². The lowest BCUT2D eigenvalue weighted by molar-refractivity contribution is -0.164. The molecule has 4 N–H and O–H groups in total. The molecule has 2 bridgehead atoms. The molecule has 71 heavy (non-hydrogen) atoms. The van der Waals surface area contributed by atoms with Crippen molar-refractivity contribution in [2.75, 3.05) is 32.7 Å². The number of rotatable bonds is 16. The maximum Gasteiger partial charge on any atom is 0.251 e. The van der Waals surface area contributed by atoms with E-state index in [1.54, 1.807) is 29.5 Å². The molecule has 3 saturated heterocycles. The molecule has 4 heterocycles. The van der Waals surface area contributed by atoms with Crippen molar-refractivity contribution in [3.63, 3.8) is 0 Å². The van der Waals surface area contributed by atoms with Crippen LogP contribution in [-0.4, -0.2) is 124 Å². The van der Waals surface area contributed by atoms with Gasteiger partial charge in [0.2, 0.25) is 17.7 Å². The van der Waals surface area contributed by atoms with Crippen LogP contribution in [0.2, 0.25) is 5.02 Å². The number of thiazole rings is 1. The second-order valence-electron chi connectivity index (χ2n) is 22.5. The lowest BCUT2D eigenvalue weighted by Gasteiger charge is -2.63. The molecule has 0 radical (unpaired) electrons. The summed E-state index contributed by atoms with van der Waals surface area (Å²) in [5.74, 6) is -0.478. The van der Waals surface area contributed by atoms with Crippen molar-refractivity contribution < 1.29 is 29.0 Å². The van der Waals surface area contributed by atoms with Crippen LogP contribution in [0.3, 0.4) is 0 Å². The number of hydrogen-bond acceptors (Lipinski definition) is 11. The van der Waals surface area contributed by atoms with E-state index in [1.165, 1.54) is 10.5 Å². The molecular formula is C55H69ClN8O6S. The van der Waals surface area contributed by atoms with Gasteiger partial charge < -0.3 is 30.7 Å². The molecule has 0 spiro atoms. The average Bonchev–Trinajstić information content (AvgIpc) is 4.13. The maximum atomic E-state index is 14.3. The number of aryl methyl sites for hydroxylation is 2. The summed E-state index contributed by atoms with van der Waals surface area (Å²) in [5.41, 5.74) is 5.56. The first-order chi connectivity index (χ1) is 33.5. The average molecular weight is 1010 g/mol. The Kier molecular flexibility index (Phi) is 15.1. The fraction of sp³-hybridized carbons (Fsp3) is 0.527. The Morgan fingerprint density at radius 1 is 0.944 bits per heavy atom. The second-order valence-corrected chi connectivity index (χ2v) is 23.7. The van der Waals surface area contributed by atoms with Crippen LogP contribution in [0.4, 0.5) is 0 Å². The predicted molar refractivity (Wildman–Crippen MR) is 276 cm³/mol. The van der Waals surface area contributed by atoms with E-state index < -0.39 is 23.6 Å². The molecule has 4 aromatic rings. The number of hydrogen-bond donors (Lipinski definition) is 4. The summed E-state index contributed by atoms with van der Waals surface area (Å²) in [6.07, 6.45) is 1.90. The van der Waals surface area contributed by atoms with Gasteiger partial charge in [0, 0.05) is 66.6 Å². The number of piperazine rings is 1. The molecule has 4 aliphatic rings. The molecule has 3 aliphatic heterocycles. The Morgan fingerprint density at radius 2 is 1.62 bits per heavy atom. The van der Waals surface area contributed by atoms with E-state index in [0.717, 1.165) is 60.6 Å². The smallest absolute Gasteiger partial charge is 0.251 e. The van der Waals surface area contributed by atoms with Crippen LogP contribution in [0.25, 0.3) is 10.4 Å². The molecular weight excluding hydrogens is 936 g/mol. The number of nitriles is 1. The van der Waals surface area contributed by atoms with Crippen LogP contribution in [0.5, 0.6) is 5.75 Å². The van der Waals surface area contributed by atoms with E-state index in [9.17, 15) is 29.5 Å². The van der Waals surface area contributed by atoms with Gasteiger partial charge in [0.05, 0.1) is 45.4 Å². The highest BCUT2D eigenvalue weighted by Gasteiger charge is 2.64. The summed E-state index contributed by atoms with van der Waals surface area (Å²) >= 11 is 7.85. The predicted octanol–water partition coefficient (Wildman–Crippen LogP) is 7.32. The first kappa shape index (κ1) is 52.0. The van der Waals surface area contributed by atoms with Gasteiger partial charge in [0.15, 0.2) is 0 Å². The first-order valence-electron chi connectivity index (χ1n) is 24.9. The van der Waals surface area contributed by atoms with Gasteiger partial charge in [0.25, 0.3) is 5.91 Å². The molecule has 4 fully saturated rings. The number of benzene rings is 3.